The van der Waals surface area contributed by atoms with E-state index in [1.54, 1.807) is 19.4 Å². The van der Waals surface area contributed by atoms with E-state index in [9.17, 15) is 0 Å². The van der Waals surface area contributed by atoms with Crippen molar-refractivity contribution in [3.8, 4) is 5.75 Å². The molecule has 23 heavy (non-hydrogen) atoms. The lowest BCUT2D eigenvalue weighted by Crippen LogP contribution is -2.26. The van der Waals surface area contributed by atoms with Crippen LogP contribution in [-0.2, 0) is 0 Å². The smallest absolute Gasteiger partial charge is 0.247 e. The van der Waals surface area contributed by atoms with Crippen LogP contribution in [0.1, 0.15) is 25.7 Å². The van der Waals surface area contributed by atoms with Gasteiger partial charge in [-0.05, 0) is 31.0 Å². The van der Waals surface area contributed by atoms with Crippen molar-refractivity contribution in [1.82, 2.24) is 15.2 Å². The summed E-state index contributed by atoms with van der Waals surface area (Å²) >= 11 is 6.15. The number of nitrogens with zero attached hydrogens (tertiary/aromatic N) is 4. The molecule has 2 heterocycles. The number of hydrogen-bond acceptors (Lipinski definition) is 6. The SMILES string of the molecule is COc1ccc(Nc2cnnc(N3CCCCCC3)n2)cc1Cl. The van der Waals surface area contributed by atoms with Crippen molar-refractivity contribution in [3.05, 3.63) is 29.4 Å². The van der Waals surface area contributed by atoms with Crippen LogP contribution in [0.4, 0.5) is 17.5 Å². The molecule has 1 aliphatic rings. The van der Waals surface area contributed by atoms with E-state index in [1.165, 1.54) is 25.7 Å². The molecule has 0 aliphatic carbocycles. The predicted molar refractivity (Wildman–Crippen MR) is 91.8 cm³/mol. The van der Waals surface area contributed by atoms with Crippen LogP contribution in [-0.4, -0.2) is 35.4 Å². The second-order valence-electron chi connectivity index (χ2n) is 5.52. The number of benzene rings is 1. The van der Waals surface area contributed by atoms with E-state index >= 15 is 0 Å². The minimum Gasteiger partial charge on any atom is -0.495 e. The lowest BCUT2D eigenvalue weighted by Gasteiger charge is -2.19. The lowest BCUT2D eigenvalue weighted by molar-refractivity contribution is 0.415. The van der Waals surface area contributed by atoms with Crippen LogP contribution in [0.2, 0.25) is 5.02 Å². The number of hydrogen-bond donors (Lipinski definition) is 1. The Labute approximate surface area is 140 Å². The molecule has 0 atom stereocenters. The molecule has 0 saturated carbocycles. The van der Waals surface area contributed by atoms with Gasteiger partial charge in [-0.25, -0.2) is 0 Å². The van der Waals surface area contributed by atoms with Crippen molar-refractivity contribution in [2.24, 2.45) is 0 Å². The molecular weight excluding hydrogens is 314 g/mol. The van der Waals surface area contributed by atoms with E-state index in [-0.39, 0.29) is 0 Å². The molecule has 6 nitrogen and oxygen atoms in total. The van der Waals surface area contributed by atoms with Crippen molar-refractivity contribution >= 4 is 29.1 Å². The van der Waals surface area contributed by atoms with Crippen molar-refractivity contribution in [2.75, 3.05) is 30.4 Å². The second kappa shape index (κ2) is 7.46. The maximum absolute atomic E-state index is 6.15. The number of methoxy groups -OCH3 is 1. The Hall–Kier alpha value is -2.08. The topological polar surface area (TPSA) is 63.2 Å². The molecule has 0 bridgehead atoms. The second-order valence-corrected chi connectivity index (χ2v) is 5.92. The molecule has 1 N–H and O–H groups in total. The first-order valence-electron chi connectivity index (χ1n) is 7.81. The van der Waals surface area contributed by atoms with Crippen molar-refractivity contribution in [2.45, 2.75) is 25.7 Å². The Bertz CT molecular complexity index is 659. The van der Waals surface area contributed by atoms with E-state index in [0.29, 0.717) is 22.5 Å². The molecule has 1 aliphatic heterocycles. The molecule has 2 aromatic rings. The van der Waals surface area contributed by atoms with Crippen LogP contribution >= 0.6 is 11.6 Å². The predicted octanol–water partition coefficient (Wildman–Crippen LogP) is 3.66. The highest BCUT2D eigenvalue weighted by molar-refractivity contribution is 6.32. The Morgan fingerprint density at radius 2 is 1.96 bits per heavy atom. The number of halogens is 1. The van der Waals surface area contributed by atoms with E-state index in [1.807, 2.05) is 12.1 Å². The fourth-order valence-corrected chi connectivity index (χ4v) is 2.91. The molecule has 0 amide bonds. The van der Waals surface area contributed by atoms with E-state index in [0.717, 1.165) is 18.8 Å². The van der Waals surface area contributed by atoms with Crippen molar-refractivity contribution in [3.63, 3.8) is 0 Å². The third kappa shape index (κ3) is 4.01. The minimum atomic E-state index is 0.548. The van der Waals surface area contributed by atoms with Gasteiger partial charge >= 0.3 is 0 Å². The molecule has 1 aromatic carbocycles. The van der Waals surface area contributed by atoms with Gasteiger partial charge in [0, 0.05) is 18.8 Å². The highest BCUT2D eigenvalue weighted by Crippen LogP contribution is 2.28. The number of ether oxygens (including phenoxy) is 1. The van der Waals surface area contributed by atoms with Crippen LogP contribution < -0.4 is 15.0 Å². The molecule has 0 radical (unpaired) electrons. The fourth-order valence-electron chi connectivity index (χ4n) is 2.65. The zero-order valence-electron chi connectivity index (χ0n) is 13.1. The number of rotatable bonds is 4. The zero-order chi connectivity index (χ0) is 16.1. The van der Waals surface area contributed by atoms with E-state index < -0.39 is 0 Å². The van der Waals surface area contributed by atoms with Gasteiger partial charge in [0.25, 0.3) is 0 Å². The molecule has 0 spiro atoms. The Balaban J connectivity index is 1.75. The van der Waals surface area contributed by atoms with Gasteiger partial charge in [0.15, 0.2) is 5.82 Å². The lowest BCUT2D eigenvalue weighted by atomic mass is 10.2. The first-order chi connectivity index (χ1) is 11.3. The maximum Gasteiger partial charge on any atom is 0.247 e. The summed E-state index contributed by atoms with van der Waals surface area (Å²) < 4.78 is 5.16. The standard InChI is InChI=1S/C16H20ClN5O/c1-23-14-7-6-12(10-13(14)17)19-15-11-18-21-16(20-15)22-8-4-2-3-5-9-22/h6-7,10-11H,2-5,8-9H2,1H3,(H,19,20,21). The third-order valence-electron chi connectivity index (χ3n) is 3.86. The summed E-state index contributed by atoms with van der Waals surface area (Å²) in [5.41, 5.74) is 0.832. The Morgan fingerprint density at radius 3 is 2.65 bits per heavy atom. The first kappa shape index (κ1) is 15.8. The summed E-state index contributed by atoms with van der Waals surface area (Å²) in [6.07, 6.45) is 6.50. The zero-order valence-corrected chi connectivity index (χ0v) is 13.9. The highest BCUT2D eigenvalue weighted by Gasteiger charge is 2.13. The molecule has 1 aromatic heterocycles. The summed E-state index contributed by atoms with van der Waals surface area (Å²) in [4.78, 5) is 6.77. The molecule has 7 heteroatoms. The van der Waals surface area contributed by atoms with Crippen LogP contribution in [0.25, 0.3) is 0 Å². The monoisotopic (exact) mass is 333 g/mol. The normalized spacial score (nSPS) is 15.1. The van der Waals surface area contributed by atoms with Crippen LogP contribution in [0.15, 0.2) is 24.4 Å². The van der Waals surface area contributed by atoms with Crippen LogP contribution in [0.5, 0.6) is 5.75 Å². The van der Waals surface area contributed by atoms with Gasteiger partial charge in [-0.2, -0.15) is 10.1 Å². The van der Waals surface area contributed by atoms with Crippen LogP contribution in [0.3, 0.4) is 0 Å². The first-order valence-corrected chi connectivity index (χ1v) is 8.19. The van der Waals surface area contributed by atoms with Gasteiger partial charge in [-0.1, -0.05) is 24.4 Å². The van der Waals surface area contributed by atoms with Crippen LogP contribution in [0, 0.1) is 0 Å². The number of nitrogens with one attached hydrogen (secondary N) is 1. The van der Waals surface area contributed by atoms with Crippen molar-refractivity contribution in [1.29, 1.82) is 0 Å². The molecule has 122 valence electrons. The molecule has 1 saturated heterocycles. The maximum atomic E-state index is 6.15. The minimum absolute atomic E-state index is 0.548. The molecule has 1 fully saturated rings. The van der Waals surface area contributed by atoms with Gasteiger partial charge < -0.3 is 15.0 Å². The molecule has 3 rings (SSSR count). The van der Waals surface area contributed by atoms with Crippen molar-refractivity contribution < 1.29 is 4.74 Å². The summed E-state index contributed by atoms with van der Waals surface area (Å²) in [6, 6.07) is 5.50. The Kier molecular flexibility index (Phi) is 5.12. The third-order valence-corrected chi connectivity index (χ3v) is 4.16. The summed E-state index contributed by atoms with van der Waals surface area (Å²) in [7, 11) is 1.59. The van der Waals surface area contributed by atoms with Gasteiger partial charge in [0.05, 0.1) is 18.3 Å². The summed E-state index contributed by atoms with van der Waals surface area (Å²) in [6.45, 7) is 1.97. The highest BCUT2D eigenvalue weighted by atomic mass is 35.5. The van der Waals surface area contributed by atoms with Gasteiger partial charge in [0.1, 0.15) is 5.75 Å². The van der Waals surface area contributed by atoms with Gasteiger partial charge in [0.2, 0.25) is 5.95 Å². The van der Waals surface area contributed by atoms with Gasteiger partial charge in [-0.3, -0.25) is 0 Å². The molecule has 0 unspecified atom stereocenters. The average molecular weight is 334 g/mol. The fraction of sp³-hybridized carbons (Fsp3) is 0.438. The number of anilines is 3. The summed E-state index contributed by atoms with van der Waals surface area (Å²) in [5, 5.41) is 12.0. The van der Waals surface area contributed by atoms with Gasteiger partial charge in [-0.15, -0.1) is 5.10 Å². The van der Waals surface area contributed by atoms with E-state index in [4.69, 9.17) is 16.3 Å². The molecular formula is C16H20ClN5O. The van der Waals surface area contributed by atoms with E-state index in [2.05, 4.69) is 25.4 Å². The number of aromatic nitrogens is 3. The largest absolute Gasteiger partial charge is 0.495 e. The average Bonchev–Trinajstić information content (AvgIpc) is 2.85. The Morgan fingerprint density at radius 1 is 1.17 bits per heavy atom. The quantitative estimate of drug-likeness (QED) is 0.921. The summed E-state index contributed by atoms with van der Waals surface area (Å²) in [5.74, 6) is 1.97.